The van der Waals surface area contributed by atoms with Gasteiger partial charge in [-0.1, -0.05) is 196 Å². The van der Waals surface area contributed by atoms with Crippen LogP contribution in [0.2, 0.25) is 0 Å². The third-order valence-electron chi connectivity index (χ3n) is 19.0. The summed E-state index contributed by atoms with van der Waals surface area (Å²) in [6, 6.07) is 51.0. The van der Waals surface area contributed by atoms with E-state index in [1.807, 2.05) is 97.1 Å². The SMILES string of the molecule is CC(C)C(C(=O)Oc1ccccc1)N1C(=O)c2cc(Oc3ccc(C(C)(C)C)cc3)c3c4c(Oc5ccc(C(C)(C)C)cc5)cc5c6c(cc(Oc7ccc(C(C)(C)C)cc7)c(c7c(Oc8ccc(C(C)(C)C)cc8)cc(c2c37)C1=O)c64)C(=O)N(C(C(=O)Oc1ccccc1)C(C)C)C5=O. The van der Waals surface area contributed by atoms with Crippen LogP contribution >= 0.6 is 0 Å². The molecular formula is C86H82N2O12. The molecule has 2 heterocycles. The number of hydrogen-bond acceptors (Lipinski definition) is 12. The predicted octanol–water partition coefficient (Wildman–Crippen LogP) is 20.5. The van der Waals surface area contributed by atoms with Gasteiger partial charge in [-0.15, -0.1) is 0 Å². The van der Waals surface area contributed by atoms with Crippen molar-refractivity contribution in [3.8, 4) is 57.5 Å². The Bertz CT molecular complexity index is 4520. The van der Waals surface area contributed by atoms with Gasteiger partial charge < -0.3 is 28.4 Å². The number of para-hydroxylation sites is 2. The Morgan fingerprint density at radius 1 is 0.290 bits per heavy atom. The second-order valence-electron chi connectivity index (χ2n) is 31.0. The Labute approximate surface area is 583 Å². The summed E-state index contributed by atoms with van der Waals surface area (Å²) in [5.41, 5.74) is 3.09. The monoisotopic (exact) mass is 1330 g/mol. The van der Waals surface area contributed by atoms with Crippen molar-refractivity contribution in [3.05, 3.63) is 226 Å². The second kappa shape index (κ2) is 25.1. The summed E-state index contributed by atoms with van der Waals surface area (Å²) in [5, 5.41) is 2.17. The van der Waals surface area contributed by atoms with Gasteiger partial charge in [-0.05, 0) is 153 Å². The van der Waals surface area contributed by atoms with Crippen molar-refractivity contribution in [3.63, 3.8) is 0 Å². The first-order valence-electron chi connectivity index (χ1n) is 34.1. The molecular weight excluding hydrogens is 1250 g/mol. The normalized spacial score (nSPS) is 14.2. The molecule has 13 rings (SSSR count). The van der Waals surface area contributed by atoms with Gasteiger partial charge in [-0.2, -0.15) is 0 Å². The number of rotatable bonds is 16. The largest absolute Gasteiger partial charge is 0.457 e. The lowest BCUT2D eigenvalue weighted by Gasteiger charge is -2.36. The van der Waals surface area contributed by atoms with Crippen LogP contribution in [0.3, 0.4) is 0 Å². The zero-order chi connectivity index (χ0) is 71.4. The van der Waals surface area contributed by atoms with E-state index in [0.29, 0.717) is 55.3 Å². The first kappa shape index (κ1) is 67.7. The van der Waals surface area contributed by atoms with Gasteiger partial charge in [0.2, 0.25) is 0 Å². The van der Waals surface area contributed by atoms with Crippen molar-refractivity contribution < 1.29 is 57.2 Å². The lowest BCUT2D eigenvalue weighted by Crippen LogP contribution is -2.54. The Morgan fingerprint density at radius 2 is 0.510 bits per heavy atom. The van der Waals surface area contributed by atoms with Crippen LogP contribution in [0.15, 0.2) is 182 Å². The number of nitrogens with zero attached hydrogens (tertiary/aromatic N) is 2. The van der Waals surface area contributed by atoms with E-state index in [1.165, 1.54) is 0 Å². The molecule has 0 aliphatic carbocycles. The van der Waals surface area contributed by atoms with Gasteiger partial charge in [0.25, 0.3) is 23.6 Å². The maximum atomic E-state index is 16.3. The van der Waals surface area contributed by atoms with Gasteiger partial charge in [-0.25, -0.2) is 9.59 Å². The minimum atomic E-state index is -1.45. The number of carbonyl (C=O) groups excluding carboxylic acids is 6. The van der Waals surface area contributed by atoms with Gasteiger partial charge in [0, 0.05) is 43.1 Å². The van der Waals surface area contributed by atoms with Crippen molar-refractivity contribution >= 4 is 78.7 Å². The molecule has 11 aromatic rings. The quantitative estimate of drug-likeness (QED) is 0.0296. The van der Waals surface area contributed by atoms with E-state index in [-0.39, 0.29) is 89.2 Å². The summed E-state index contributed by atoms with van der Waals surface area (Å²) in [5.74, 6) is -3.91. The Hall–Kier alpha value is -10.9. The van der Waals surface area contributed by atoms with Crippen molar-refractivity contribution in [1.82, 2.24) is 9.80 Å². The summed E-state index contributed by atoms with van der Waals surface area (Å²) in [4.78, 5) is 96.8. The Kier molecular flexibility index (Phi) is 17.0. The van der Waals surface area contributed by atoms with Crippen LogP contribution in [0.4, 0.5) is 0 Å². The molecule has 0 saturated heterocycles. The minimum Gasteiger partial charge on any atom is -0.457 e. The van der Waals surface area contributed by atoms with Crippen LogP contribution in [0.1, 0.15) is 174 Å². The lowest BCUT2D eigenvalue weighted by molar-refractivity contribution is -0.141. The number of hydrogen-bond donors (Lipinski definition) is 0. The summed E-state index contributed by atoms with van der Waals surface area (Å²) in [6.45, 7) is 32.3. The molecule has 0 fully saturated rings. The summed E-state index contributed by atoms with van der Waals surface area (Å²) < 4.78 is 41.3. The smallest absolute Gasteiger partial charge is 0.335 e. The first-order valence-corrected chi connectivity index (χ1v) is 34.1. The zero-order valence-electron chi connectivity index (χ0n) is 59.4. The molecule has 508 valence electrons. The fourth-order valence-electron chi connectivity index (χ4n) is 13.7. The average molecular weight is 1340 g/mol. The number of carbonyl (C=O) groups is 6. The van der Waals surface area contributed by atoms with Gasteiger partial charge in [-0.3, -0.25) is 29.0 Å². The average Bonchev–Trinajstić information content (AvgIpc) is 0.671. The fraction of sp³-hybridized carbons (Fsp3) is 0.279. The zero-order valence-corrected chi connectivity index (χ0v) is 59.4. The molecule has 14 heteroatoms. The minimum absolute atomic E-state index is 0.00721. The van der Waals surface area contributed by atoms with Crippen molar-refractivity contribution in [1.29, 1.82) is 0 Å². The van der Waals surface area contributed by atoms with E-state index in [2.05, 4.69) is 83.1 Å². The van der Waals surface area contributed by atoms with Crippen LogP contribution < -0.4 is 28.4 Å². The summed E-state index contributed by atoms with van der Waals surface area (Å²) in [7, 11) is 0. The van der Waals surface area contributed by atoms with E-state index in [9.17, 15) is 9.59 Å². The molecule has 2 aliphatic rings. The van der Waals surface area contributed by atoms with Crippen molar-refractivity contribution in [2.24, 2.45) is 11.8 Å². The number of fused-ring (bicyclic) bond motifs is 2. The Morgan fingerprint density at radius 3 is 0.710 bits per heavy atom. The van der Waals surface area contributed by atoms with Gasteiger partial charge in [0.15, 0.2) is 0 Å². The van der Waals surface area contributed by atoms with Crippen LogP contribution in [0.5, 0.6) is 57.5 Å². The van der Waals surface area contributed by atoms with Gasteiger partial charge >= 0.3 is 11.9 Å². The highest BCUT2D eigenvalue weighted by Crippen LogP contribution is 2.58. The van der Waals surface area contributed by atoms with Crippen LogP contribution in [-0.4, -0.2) is 57.5 Å². The molecule has 0 saturated carbocycles. The highest BCUT2D eigenvalue weighted by Gasteiger charge is 2.48. The predicted molar refractivity (Wildman–Crippen MR) is 391 cm³/mol. The molecule has 0 spiro atoms. The highest BCUT2D eigenvalue weighted by molar-refractivity contribution is 6.45. The first-order chi connectivity index (χ1) is 47.3. The molecule has 11 aromatic carbocycles. The number of ether oxygens (including phenoxy) is 6. The van der Waals surface area contributed by atoms with E-state index < -0.39 is 59.5 Å². The molecule has 100 heavy (non-hydrogen) atoms. The third kappa shape index (κ3) is 12.3. The lowest BCUT2D eigenvalue weighted by atomic mass is 9.80. The number of amides is 4. The topological polar surface area (TPSA) is 164 Å². The van der Waals surface area contributed by atoms with Crippen LogP contribution in [0, 0.1) is 11.8 Å². The van der Waals surface area contributed by atoms with Crippen molar-refractivity contribution in [2.45, 2.75) is 145 Å². The molecule has 2 aliphatic heterocycles. The van der Waals surface area contributed by atoms with E-state index in [4.69, 9.17) is 28.4 Å². The molecule has 14 nitrogen and oxygen atoms in total. The number of esters is 2. The van der Waals surface area contributed by atoms with E-state index in [1.54, 1.807) is 113 Å². The molecule has 0 bridgehead atoms. The molecule has 2 unspecified atom stereocenters. The number of benzene rings is 11. The van der Waals surface area contributed by atoms with E-state index in [0.717, 1.165) is 32.1 Å². The van der Waals surface area contributed by atoms with Gasteiger partial charge in [0.05, 0.1) is 22.3 Å². The van der Waals surface area contributed by atoms with E-state index >= 15 is 19.2 Å². The van der Waals surface area contributed by atoms with Gasteiger partial charge in [0.1, 0.15) is 69.6 Å². The molecule has 2 atom stereocenters. The molecule has 0 N–H and O–H groups in total. The van der Waals surface area contributed by atoms with Crippen molar-refractivity contribution in [2.75, 3.05) is 0 Å². The highest BCUT2D eigenvalue weighted by atomic mass is 16.5. The van der Waals surface area contributed by atoms with Crippen LogP contribution in [-0.2, 0) is 31.2 Å². The molecule has 4 amide bonds. The summed E-state index contributed by atoms with van der Waals surface area (Å²) >= 11 is 0. The maximum absolute atomic E-state index is 16.3. The Balaban J connectivity index is 1.21. The molecule has 0 aromatic heterocycles. The van der Waals surface area contributed by atoms with Crippen LogP contribution in [0.25, 0.3) is 43.1 Å². The standard InChI is InChI=1S/C86H82N2O12/c1-47(2)75(81(93)99-53-23-19-17-20-24-53)87-77(89)59-43-63(95-55-35-27-49(28-36-55)83(5,6)7)69-71-65(97-57-39-31-51(32-40-57)85(11,12)13)45-61-68-62(80(92)88(79(61)91)76(48(3)4)82(94)100-54-25-21-18-22-26-54)46-66(98-58-41-33-52(34-42-58)86(14,15)16)72(74(68)71)70-64(44-60(78(87)90)67(59)73(69)70)96-56-37-29-50(30-38-56)84(8,9)10/h17-48,75-76H,1-16H3. The fourth-order valence-corrected chi connectivity index (χ4v) is 13.7. The number of imide groups is 2. The summed E-state index contributed by atoms with van der Waals surface area (Å²) in [6.07, 6.45) is 0. The maximum Gasteiger partial charge on any atom is 0.335 e. The second-order valence-corrected chi connectivity index (χ2v) is 31.0. The molecule has 0 radical (unpaired) electrons. The third-order valence-corrected chi connectivity index (χ3v) is 19.0.